The van der Waals surface area contributed by atoms with E-state index < -0.39 is 17.5 Å². The fourth-order valence-electron chi connectivity index (χ4n) is 2.23. The Morgan fingerprint density at radius 3 is 2.62 bits per heavy atom. The van der Waals surface area contributed by atoms with E-state index in [4.69, 9.17) is 4.74 Å². The van der Waals surface area contributed by atoms with E-state index in [1.165, 1.54) is 0 Å². The highest BCUT2D eigenvalue weighted by Crippen LogP contribution is 2.26. The zero-order valence-electron chi connectivity index (χ0n) is 11.6. The van der Waals surface area contributed by atoms with Gasteiger partial charge in [-0.15, -0.1) is 0 Å². The fraction of sp³-hybridized carbons (Fsp3) is 0.429. The van der Waals surface area contributed by atoms with Crippen molar-refractivity contribution in [3.63, 3.8) is 0 Å². The molecule has 0 atom stereocenters. The Bertz CT molecular complexity index is 556. The van der Waals surface area contributed by atoms with E-state index in [2.05, 4.69) is 26.6 Å². The molecule has 114 valence electrons. The van der Waals surface area contributed by atoms with E-state index in [9.17, 15) is 14.7 Å². The summed E-state index contributed by atoms with van der Waals surface area (Å²) >= 11 is 3.40. The second kappa shape index (κ2) is 6.44. The predicted molar refractivity (Wildman–Crippen MR) is 81.5 cm³/mol. The Labute approximate surface area is 131 Å². The van der Waals surface area contributed by atoms with Gasteiger partial charge in [0.15, 0.2) is 0 Å². The Kier molecular flexibility index (Phi) is 4.84. The third-order valence-electron chi connectivity index (χ3n) is 3.55. The minimum atomic E-state index is -1.27. The standard InChI is InChI=1S/C14H17BrN2O4/c1-9-3-2-4-10(11(9)15)16-13(20)17-14(12(18)19)5-7-21-8-6-14/h2-4H,5-8H2,1H3,(H,18,19)(H2,16,17,20). The summed E-state index contributed by atoms with van der Waals surface area (Å²) in [5.41, 5.74) is 0.311. The maximum Gasteiger partial charge on any atom is 0.329 e. The smallest absolute Gasteiger partial charge is 0.329 e. The van der Waals surface area contributed by atoms with Crippen LogP contribution in [0.15, 0.2) is 22.7 Å². The van der Waals surface area contributed by atoms with Gasteiger partial charge in [-0.05, 0) is 34.5 Å². The molecule has 0 aliphatic carbocycles. The molecule has 21 heavy (non-hydrogen) atoms. The summed E-state index contributed by atoms with van der Waals surface area (Å²) in [4.78, 5) is 23.6. The molecule has 0 aromatic heterocycles. The molecule has 1 fully saturated rings. The fourth-order valence-corrected chi connectivity index (χ4v) is 2.59. The molecule has 2 rings (SSSR count). The van der Waals surface area contributed by atoms with Crippen LogP contribution in [0.4, 0.5) is 10.5 Å². The molecule has 1 aliphatic heterocycles. The van der Waals surface area contributed by atoms with Crippen molar-refractivity contribution in [3.05, 3.63) is 28.2 Å². The summed E-state index contributed by atoms with van der Waals surface area (Å²) in [6.45, 7) is 2.55. The van der Waals surface area contributed by atoms with Crippen LogP contribution in [0, 0.1) is 6.92 Å². The number of carboxylic acid groups (broad SMARTS) is 1. The maximum atomic E-state index is 12.1. The van der Waals surface area contributed by atoms with Crippen molar-refractivity contribution in [3.8, 4) is 0 Å². The van der Waals surface area contributed by atoms with Crippen molar-refractivity contribution in [2.45, 2.75) is 25.3 Å². The largest absolute Gasteiger partial charge is 0.480 e. The Morgan fingerprint density at radius 1 is 1.33 bits per heavy atom. The summed E-state index contributed by atoms with van der Waals surface area (Å²) in [7, 11) is 0. The molecular formula is C14H17BrN2O4. The second-order valence-corrected chi connectivity index (χ2v) is 5.81. The van der Waals surface area contributed by atoms with Gasteiger partial charge in [0.1, 0.15) is 5.54 Å². The van der Waals surface area contributed by atoms with Gasteiger partial charge in [-0.1, -0.05) is 12.1 Å². The van der Waals surface area contributed by atoms with E-state index in [-0.39, 0.29) is 12.8 Å². The summed E-state index contributed by atoms with van der Waals surface area (Å²) in [5.74, 6) is -1.04. The van der Waals surface area contributed by atoms with Crippen molar-refractivity contribution in [1.82, 2.24) is 5.32 Å². The van der Waals surface area contributed by atoms with Crippen LogP contribution in [-0.2, 0) is 9.53 Å². The number of ether oxygens (including phenoxy) is 1. The summed E-state index contributed by atoms with van der Waals surface area (Å²) < 4.78 is 5.94. The Morgan fingerprint density at radius 2 is 2.00 bits per heavy atom. The van der Waals surface area contributed by atoms with Gasteiger partial charge in [0.25, 0.3) is 0 Å². The van der Waals surface area contributed by atoms with Gasteiger partial charge in [0.05, 0.1) is 5.69 Å². The number of carboxylic acids is 1. The van der Waals surface area contributed by atoms with Crippen molar-refractivity contribution in [2.24, 2.45) is 0 Å². The molecule has 1 heterocycles. The van der Waals surface area contributed by atoms with Crippen LogP contribution in [0.1, 0.15) is 18.4 Å². The van der Waals surface area contributed by atoms with E-state index in [0.29, 0.717) is 18.9 Å². The van der Waals surface area contributed by atoms with Gasteiger partial charge in [-0.3, -0.25) is 0 Å². The number of halogens is 1. The summed E-state index contributed by atoms with van der Waals surface area (Å²) in [6, 6.07) is 4.93. The third-order valence-corrected chi connectivity index (χ3v) is 4.60. The summed E-state index contributed by atoms with van der Waals surface area (Å²) in [5, 5.41) is 14.6. The quantitative estimate of drug-likeness (QED) is 0.776. The van der Waals surface area contributed by atoms with Gasteiger partial charge in [0.2, 0.25) is 0 Å². The molecule has 6 nitrogen and oxygen atoms in total. The number of hydrogen-bond acceptors (Lipinski definition) is 3. The van der Waals surface area contributed by atoms with Crippen LogP contribution in [-0.4, -0.2) is 35.9 Å². The van der Waals surface area contributed by atoms with Crippen LogP contribution in [0.5, 0.6) is 0 Å². The van der Waals surface area contributed by atoms with Crippen LogP contribution in [0.25, 0.3) is 0 Å². The molecule has 7 heteroatoms. The zero-order chi connectivity index (χ0) is 15.5. The lowest BCUT2D eigenvalue weighted by Crippen LogP contribution is -2.58. The highest BCUT2D eigenvalue weighted by Gasteiger charge is 2.41. The molecule has 3 N–H and O–H groups in total. The number of aryl methyl sites for hydroxylation is 1. The maximum absolute atomic E-state index is 12.1. The van der Waals surface area contributed by atoms with E-state index in [0.717, 1.165) is 10.0 Å². The molecule has 2 amide bonds. The predicted octanol–water partition coefficient (Wildman–Crippen LogP) is 2.51. The highest BCUT2D eigenvalue weighted by molar-refractivity contribution is 9.10. The average Bonchev–Trinajstić information content (AvgIpc) is 2.44. The topological polar surface area (TPSA) is 87.7 Å². The monoisotopic (exact) mass is 356 g/mol. The van der Waals surface area contributed by atoms with Crippen molar-refractivity contribution >= 4 is 33.6 Å². The normalized spacial score (nSPS) is 17.0. The number of urea groups is 1. The molecule has 1 saturated heterocycles. The van der Waals surface area contributed by atoms with Gasteiger partial charge in [0, 0.05) is 30.5 Å². The van der Waals surface area contributed by atoms with Crippen LogP contribution in [0.2, 0.25) is 0 Å². The van der Waals surface area contributed by atoms with Gasteiger partial charge >= 0.3 is 12.0 Å². The van der Waals surface area contributed by atoms with E-state index in [1.54, 1.807) is 6.07 Å². The number of anilines is 1. The summed E-state index contributed by atoms with van der Waals surface area (Å²) in [6.07, 6.45) is 0.509. The van der Waals surface area contributed by atoms with E-state index in [1.807, 2.05) is 19.1 Å². The number of aliphatic carboxylic acids is 1. The molecule has 0 bridgehead atoms. The van der Waals surface area contributed by atoms with E-state index >= 15 is 0 Å². The van der Waals surface area contributed by atoms with Crippen LogP contribution >= 0.6 is 15.9 Å². The minimum Gasteiger partial charge on any atom is -0.480 e. The molecule has 1 aromatic rings. The molecule has 0 spiro atoms. The highest BCUT2D eigenvalue weighted by atomic mass is 79.9. The van der Waals surface area contributed by atoms with Gasteiger partial charge in [-0.2, -0.15) is 0 Å². The number of hydrogen-bond donors (Lipinski definition) is 3. The molecule has 0 saturated carbocycles. The first-order valence-corrected chi connectivity index (χ1v) is 7.39. The number of rotatable bonds is 3. The van der Waals surface area contributed by atoms with Crippen molar-refractivity contribution in [2.75, 3.05) is 18.5 Å². The Hall–Kier alpha value is -1.60. The third kappa shape index (κ3) is 3.54. The van der Waals surface area contributed by atoms with Gasteiger partial charge < -0.3 is 20.5 Å². The van der Waals surface area contributed by atoms with Crippen LogP contribution in [0.3, 0.4) is 0 Å². The molecular weight excluding hydrogens is 340 g/mol. The first kappa shape index (κ1) is 15.8. The minimum absolute atomic E-state index is 0.255. The number of nitrogens with one attached hydrogen (secondary N) is 2. The second-order valence-electron chi connectivity index (χ2n) is 5.02. The zero-order valence-corrected chi connectivity index (χ0v) is 13.2. The first-order valence-electron chi connectivity index (χ1n) is 6.60. The number of carbonyl (C=O) groups is 2. The molecule has 0 unspecified atom stereocenters. The van der Waals surface area contributed by atoms with Crippen molar-refractivity contribution in [1.29, 1.82) is 0 Å². The molecule has 1 aliphatic rings. The first-order chi connectivity index (χ1) is 9.94. The Balaban J connectivity index is 2.09. The molecule has 1 aromatic carbocycles. The molecule has 0 radical (unpaired) electrons. The van der Waals surface area contributed by atoms with Gasteiger partial charge in [-0.25, -0.2) is 9.59 Å². The average molecular weight is 357 g/mol. The van der Waals surface area contributed by atoms with Crippen molar-refractivity contribution < 1.29 is 19.4 Å². The number of benzene rings is 1. The lowest BCUT2D eigenvalue weighted by molar-refractivity contribution is -0.148. The van der Waals surface area contributed by atoms with Crippen LogP contribution < -0.4 is 10.6 Å². The number of carbonyl (C=O) groups excluding carboxylic acids is 1. The SMILES string of the molecule is Cc1cccc(NC(=O)NC2(C(=O)O)CCOCC2)c1Br. The lowest BCUT2D eigenvalue weighted by Gasteiger charge is -2.33. The number of amides is 2. The lowest BCUT2D eigenvalue weighted by atomic mass is 9.90.